The quantitative estimate of drug-likeness (QED) is 0.590. The molecule has 0 fully saturated rings. The van der Waals surface area contributed by atoms with Crippen molar-refractivity contribution in [3.8, 4) is 11.5 Å². The van der Waals surface area contributed by atoms with Crippen molar-refractivity contribution < 1.29 is 9.53 Å². The van der Waals surface area contributed by atoms with Crippen LogP contribution in [0.3, 0.4) is 0 Å². The molecule has 0 saturated heterocycles. The highest BCUT2D eigenvalue weighted by atomic mass is 16.5. The van der Waals surface area contributed by atoms with Gasteiger partial charge in [0.15, 0.2) is 5.78 Å². The standard InChI is InChI=1S/C16H14O2/c1-3-15(17)14-6-4-5-7-16(14)18-13-10-8-12(2)9-11-13/h3-11H,1H2,2H3. The van der Waals surface area contributed by atoms with Crippen molar-refractivity contribution in [1.29, 1.82) is 0 Å². The van der Waals surface area contributed by atoms with Crippen LogP contribution in [0.1, 0.15) is 15.9 Å². The normalized spacial score (nSPS) is 9.83. The van der Waals surface area contributed by atoms with E-state index in [9.17, 15) is 4.79 Å². The molecule has 0 radical (unpaired) electrons. The zero-order valence-corrected chi connectivity index (χ0v) is 10.2. The van der Waals surface area contributed by atoms with E-state index in [1.165, 1.54) is 6.08 Å². The molecule has 0 bridgehead atoms. The summed E-state index contributed by atoms with van der Waals surface area (Å²) in [5, 5.41) is 0. The van der Waals surface area contributed by atoms with E-state index in [0.717, 1.165) is 5.56 Å². The number of carbonyl (C=O) groups excluding carboxylic acids is 1. The maximum Gasteiger partial charge on any atom is 0.188 e. The summed E-state index contributed by atoms with van der Waals surface area (Å²) in [4.78, 5) is 11.7. The molecule has 2 heteroatoms. The van der Waals surface area contributed by atoms with Crippen LogP contribution < -0.4 is 4.74 Å². The monoisotopic (exact) mass is 238 g/mol. The van der Waals surface area contributed by atoms with Crippen LogP contribution in [-0.4, -0.2) is 5.78 Å². The molecule has 0 aliphatic rings. The number of rotatable bonds is 4. The Labute approximate surface area is 107 Å². The van der Waals surface area contributed by atoms with Gasteiger partial charge in [0.25, 0.3) is 0 Å². The molecule has 2 rings (SSSR count). The lowest BCUT2D eigenvalue weighted by atomic mass is 10.1. The highest BCUT2D eigenvalue weighted by Crippen LogP contribution is 2.25. The van der Waals surface area contributed by atoms with Gasteiger partial charge < -0.3 is 4.74 Å². The van der Waals surface area contributed by atoms with Crippen molar-refractivity contribution in [3.63, 3.8) is 0 Å². The zero-order valence-electron chi connectivity index (χ0n) is 10.2. The van der Waals surface area contributed by atoms with Gasteiger partial charge in [-0.05, 0) is 37.3 Å². The summed E-state index contributed by atoms with van der Waals surface area (Å²) in [6.45, 7) is 5.50. The van der Waals surface area contributed by atoms with Crippen LogP contribution in [0.25, 0.3) is 0 Å². The number of allylic oxidation sites excluding steroid dienone is 1. The Hall–Kier alpha value is -2.35. The minimum atomic E-state index is -0.141. The summed E-state index contributed by atoms with van der Waals surface area (Å²) in [5.74, 6) is 1.12. The number of hydrogen-bond donors (Lipinski definition) is 0. The van der Waals surface area contributed by atoms with Gasteiger partial charge in [-0.25, -0.2) is 0 Å². The molecule has 2 aromatic rings. The molecule has 2 aromatic carbocycles. The van der Waals surface area contributed by atoms with Crippen molar-refractivity contribution in [2.24, 2.45) is 0 Å². The molecule has 0 aromatic heterocycles. The Kier molecular flexibility index (Phi) is 3.58. The number of ketones is 1. The number of para-hydroxylation sites is 1. The second-order valence-corrected chi connectivity index (χ2v) is 3.98. The minimum Gasteiger partial charge on any atom is -0.457 e. The van der Waals surface area contributed by atoms with Crippen molar-refractivity contribution in [2.45, 2.75) is 6.92 Å². The second-order valence-electron chi connectivity index (χ2n) is 3.98. The third-order valence-electron chi connectivity index (χ3n) is 2.59. The molecule has 0 N–H and O–H groups in total. The minimum absolute atomic E-state index is 0.141. The van der Waals surface area contributed by atoms with Crippen LogP contribution in [0.15, 0.2) is 61.2 Å². The predicted octanol–water partition coefficient (Wildman–Crippen LogP) is 4.16. The van der Waals surface area contributed by atoms with E-state index in [-0.39, 0.29) is 5.78 Å². The van der Waals surface area contributed by atoms with Gasteiger partial charge in [0.2, 0.25) is 0 Å². The van der Waals surface area contributed by atoms with Gasteiger partial charge in [-0.15, -0.1) is 0 Å². The molecule has 0 aliphatic heterocycles. The lowest BCUT2D eigenvalue weighted by Gasteiger charge is -2.09. The fraction of sp³-hybridized carbons (Fsp3) is 0.0625. The molecule has 2 nitrogen and oxygen atoms in total. The van der Waals surface area contributed by atoms with Crippen molar-refractivity contribution in [1.82, 2.24) is 0 Å². The third kappa shape index (κ3) is 2.66. The molecular weight excluding hydrogens is 224 g/mol. The van der Waals surface area contributed by atoms with Crippen LogP contribution in [0.4, 0.5) is 0 Å². The highest BCUT2D eigenvalue weighted by molar-refractivity contribution is 6.06. The second kappa shape index (κ2) is 5.32. The molecule has 0 amide bonds. The first kappa shape index (κ1) is 12.1. The van der Waals surface area contributed by atoms with Gasteiger partial charge in [-0.2, -0.15) is 0 Å². The molecule has 90 valence electrons. The highest BCUT2D eigenvalue weighted by Gasteiger charge is 2.09. The molecule has 18 heavy (non-hydrogen) atoms. The predicted molar refractivity (Wildman–Crippen MR) is 72.2 cm³/mol. The van der Waals surface area contributed by atoms with Gasteiger partial charge in [-0.1, -0.05) is 36.4 Å². The Morgan fingerprint density at radius 3 is 2.44 bits per heavy atom. The Bertz CT molecular complexity index is 568. The van der Waals surface area contributed by atoms with E-state index in [1.54, 1.807) is 18.2 Å². The van der Waals surface area contributed by atoms with E-state index in [2.05, 4.69) is 6.58 Å². The van der Waals surface area contributed by atoms with Crippen LogP contribution in [-0.2, 0) is 0 Å². The zero-order chi connectivity index (χ0) is 13.0. The summed E-state index contributed by atoms with van der Waals surface area (Å²) in [7, 11) is 0. The first-order valence-corrected chi connectivity index (χ1v) is 5.71. The first-order chi connectivity index (χ1) is 8.70. The summed E-state index contributed by atoms with van der Waals surface area (Å²) in [5.41, 5.74) is 1.69. The van der Waals surface area contributed by atoms with E-state index < -0.39 is 0 Å². The van der Waals surface area contributed by atoms with Crippen LogP contribution >= 0.6 is 0 Å². The van der Waals surface area contributed by atoms with Crippen LogP contribution in [0.5, 0.6) is 11.5 Å². The van der Waals surface area contributed by atoms with Crippen molar-refractivity contribution in [2.75, 3.05) is 0 Å². The molecule has 0 atom stereocenters. The maximum absolute atomic E-state index is 11.7. The molecule has 0 heterocycles. The number of carbonyl (C=O) groups is 1. The number of ether oxygens (including phenoxy) is 1. The average Bonchev–Trinajstić information content (AvgIpc) is 2.41. The van der Waals surface area contributed by atoms with Crippen molar-refractivity contribution in [3.05, 3.63) is 72.3 Å². The van der Waals surface area contributed by atoms with Gasteiger partial charge >= 0.3 is 0 Å². The summed E-state index contributed by atoms with van der Waals surface area (Å²) in [6.07, 6.45) is 1.29. The number of aryl methyl sites for hydroxylation is 1. The molecule has 0 aliphatic carbocycles. The molecule has 0 spiro atoms. The van der Waals surface area contributed by atoms with E-state index >= 15 is 0 Å². The number of hydrogen-bond acceptors (Lipinski definition) is 2. The lowest BCUT2D eigenvalue weighted by molar-refractivity contribution is 0.104. The fourth-order valence-corrected chi connectivity index (χ4v) is 1.60. The average molecular weight is 238 g/mol. The summed E-state index contributed by atoms with van der Waals surface area (Å²) < 4.78 is 5.72. The SMILES string of the molecule is C=CC(=O)c1ccccc1Oc1ccc(C)cc1. The number of benzene rings is 2. The van der Waals surface area contributed by atoms with Crippen LogP contribution in [0.2, 0.25) is 0 Å². The Morgan fingerprint density at radius 2 is 1.78 bits per heavy atom. The topological polar surface area (TPSA) is 26.3 Å². The largest absolute Gasteiger partial charge is 0.457 e. The Balaban J connectivity index is 2.31. The summed E-state index contributed by atoms with van der Waals surface area (Å²) >= 11 is 0. The Morgan fingerprint density at radius 1 is 1.11 bits per heavy atom. The fourth-order valence-electron chi connectivity index (χ4n) is 1.60. The van der Waals surface area contributed by atoms with Gasteiger partial charge in [-0.3, -0.25) is 4.79 Å². The summed E-state index contributed by atoms with van der Waals surface area (Å²) in [6, 6.07) is 14.8. The van der Waals surface area contributed by atoms with Crippen molar-refractivity contribution >= 4 is 5.78 Å². The maximum atomic E-state index is 11.7. The molecular formula is C16H14O2. The third-order valence-corrected chi connectivity index (χ3v) is 2.59. The van der Waals surface area contributed by atoms with E-state index in [1.807, 2.05) is 37.3 Å². The molecule has 0 saturated carbocycles. The molecule has 0 unspecified atom stereocenters. The van der Waals surface area contributed by atoms with Gasteiger partial charge in [0.05, 0.1) is 5.56 Å². The van der Waals surface area contributed by atoms with E-state index in [4.69, 9.17) is 4.74 Å². The lowest BCUT2D eigenvalue weighted by Crippen LogP contribution is -1.97. The van der Waals surface area contributed by atoms with Gasteiger partial charge in [0, 0.05) is 0 Å². The smallest absolute Gasteiger partial charge is 0.188 e. The van der Waals surface area contributed by atoms with Gasteiger partial charge in [0.1, 0.15) is 11.5 Å². The van der Waals surface area contributed by atoms with Crippen LogP contribution in [0, 0.1) is 6.92 Å². The first-order valence-electron chi connectivity index (χ1n) is 5.71. The van der Waals surface area contributed by atoms with E-state index in [0.29, 0.717) is 17.1 Å².